The Morgan fingerprint density at radius 2 is 1.59 bits per heavy atom. The van der Waals surface area contributed by atoms with Crippen LogP contribution in [0.1, 0.15) is 95.3 Å². The van der Waals surface area contributed by atoms with Gasteiger partial charge in [0.1, 0.15) is 0 Å². The summed E-state index contributed by atoms with van der Waals surface area (Å²) in [5.41, 5.74) is 9.12. The number of nitrogens with one attached hydrogen (secondary N) is 2. The van der Waals surface area contributed by atoms with Gasteiger partial charge in [0.05, 0.1) is 10.9 Å². The molecule has 0 saturated carbocycles. The van der Waals surface area contributed by atoms with Crippen molar-refractivity contribution < 1.29 is 9.90 Å². The van der Waals surface area contributed by atoms with Crippen LogP contribution >= 0.6 is 11.6 Å². The summed E-state index contributed by atoms with van der Waals surface area (Å²) in [5, 5.41) is 15.8. The van der Waals surface area contributed by atoms with Crippen LogP contribution in [0.3, 0.4) is 0 Å². The molecule has 41 heavy (non-hydrogen) atoms. The molecule has 0 fully saturated rings. The average Bonchev–Trinajstić information content (AvgIpc) is 2.97. The lowest BCUT2D eigenvalue weighted by Crippen LogP contribution is -2.22. The maximum Gasteiger partial charge on any atom is 0.337 e. The highest BCUT2D eigenvalue weighted by molar-refractivity contribution is 6.22. The van der Waals surface area contributed by atoms with E-state index in [9.17, 15) is 9.90 Å². The van der Waals surface area contributed by atoms with Crippen molar-refractivity contribution in [3.8, 4) is 0 Å². The van der Waals surface area contributed by atoms with Gasteiger partial charge in [-0.2, -0.15) is 0 Å². The first-order valence-corrected chi connectivity index (χ1v) is 15.6. The summed E-state index contributed by atoms with van der Waals surface area (Å²) in [6.45, 7) is 23.5. The first-order chi connectivity index (χ1) is 19.5. The number of allylic oxidation sites excluding steroid dienone is 2. The minimum atomic E-state index is -0.937. The van der Waals surface area contributed by atoms with E-state index in [1.807, 2.05) is 40.0 Å². The van der Waals surface area contributed by atoms with Crippen LogP contribution in [0.25, 0.3) is 0 Å². The molecule has 5 heteroatoms. The van der Waals surface area contributed by atoms with E-state index in [4.69, 9.17) is 11.6 Å². The second-order valence-electron chi connectivity index (χ2n) is 10.1. The van der Waals surface area contributed by atoms with Crippen LogP contribution in [-0.2, 0) is 12.8 Å². The van der Waals surface area contributed by atoms with Crippen molar-refractivity contribution in [1.29, 1.82) is 0 Å². The van der Waals surface area contributed by atoms with E-state index in [0.29, 0.717) is 18.2 Å². The zero-order chi connectivity index (χ0) is 31.5. The summed E-state index contributed by atoms with van der Waals surface area (Å²) in [4.78, 5) is 11.5. The van der Waals surface area contributed by atoms with Crippen LogP contribution in [0, 0.1) is 12.8 Å². The maximum absolute atomic E-state index is 11.5. The number of likely N-dealkylation sites (N-methyl/N-ethyl adjacent to an activating group) is 1. The Balaban J connectivity index is 0.000000880. The monoisotopic (exact) mass is 582 g/mol. The number of anilines is 1. The van der Waals surface area contributed by atoms with E-state index in [1.165, 1.54) is 23.1 Å². The number of aryl methyl sites for hydroxylation is 3. The summed E-state index contributed by atoms with van der Waals surface area (Å²) in [5.74, 6) is -0.628. The Labute approximate surface area is 256 Å². The number of hydrogen-bond acceptors (Lipinski definition) is 3. The number of alkyl halides is 1. The number of carboxylic acid groups (broad SMARTS) is 1. The molecule has 1 aliphatic rings. The van der Waals surface area contributed by atoms with Crippen molar-refractivity contribution in [2.24, 2.45) is 5.92 Å². The van der Waals surface area contributed by atoms with E-state index < -0.39 is 5.97 Å². The molecule has 1 aliphatic carbocycles. The highest BCUT2D eigenvalue weighted by Crippen LogP contribution is 2.35. The van der Waals surface area contributed by atoms with E-state index in [1.54, 1.807) is 6.07 Å². The summed E-state index contributed by atoms with van der Waals surface area (Å²) < 4.78 is 0. The van der Waals surface area contributed by atoms with Gasteiger partial charge in [0.25, 0.3) is 0 Å². The average molecular weight is 583 g/mol. The van der Waals surface area contributed by atoms with Gasteiger partial charge in [-0.3, -0.25) is 0 Å². The van der Waals surface area contributed by atoms with Gasteiger partial charge >= 0.3 is 5.97 Å². The third-order valence-electron chi connectivity index (χ3n) is 6.45. The fourth-order valence-corrected chi connectivity index (χ4v) is 4.91. The minimum absolute atomic E-state index is 0.105. The number of hydrogen-bond donors (Lipinski definition) is 3. The molecule has 2 aromatic rings. The second-order valence-corrected chi connectivity index (χ2v) is 10.6. The lowest BCUT2D eigenvalue weighted by atomic mass is 9.82. The number of aromatic carboxylic acids is 1. The van der Waals surface area contributed by atoms with Gasteiger partial charge in [0, 0.05) is 25.0 Å². The van der Waals surface area contributed by atoms with Crippen molar-refractivity contribution >= 4 is 23.3 Å². The molecule has 3 rings (SSSR count). The molecule has 0 amide bonds. The molecule has 2 aromatic carbocycles. The molecule has 0 radical (unpaired) electrons. The van der Waals surface area contributed by atoms with Crippen LogP contribution < -0.4 is 10.6 Å². The van der Waals surface area contributed by atoms with Gasteiger partial charge in [0.2, 0.25) is 0 Å². The Morgan fingerprint density at radius 3 is 2.02 bits per heavy atom. The first kappa shape index (κ1) is 38.0. The van der Waals surface area contributed by atoms with Gasteiger partial charge in [0.15, 0.2) is 0 Å². The summed E-state index contributed by atoms with van der Waals surface area (Å²) in [7, 11) is 1.86. The molecule has 0 saturated heterocycles. The van der Waals surface area contributed by atoms with Gasteiger partial charge < -0.3 is 15.7 Å². The zero-order valence-corrected chi connectivity index (χ0v) is 28.0. The van der Waals surface area contributed by atoms with Crippen LogP contribution in [-0.4, -0.2) is 30.0 Å². The summed E-state index contributed by atoms with van der Waals surface area (Å²) in [6.07, 6.45) is 6.36. The fourth-order valence-electron chi connectivity index (χ4n) is 4.60. The van der Waals surface area contributed by atoms with Crippen LogP contribution in [0.5, 0.6) is 0 Å². The van der Waals surface area contributed by atoms with Gasteiger partial charge in [-0.1, -0.05) is 110 Å². The predicted octanol–water partition coefficient (Wildman–Crippen LogP) is 9.98. The second kappa shape index (κ2) is 20.8. The summed E-state index contributed by atoms with van der Waals surface area (Å²) in [6, 6.07) is 14.0. The molecule has 0 aliphatic heterocycles. The third-order valence-corrected chi connectivity index (χ3v) is 6.73. The smallest absolute Gasteiger partial charge is 0.337 e. The van der Waals surface area contributed by atoms with E-state index in [2.05, 4.69) is 89.1 Å². The number of halogens is 1. The number of benzene rings is 2. The van der Waals surface area contributed by atoms with E-state index in [-0.39, 0.29) is 10.9 Å². The van der Waals surface area contributed by atoms with Crippen LogP contribution in [0.4, 0.5) is 5.69 Å². The Kier molecular flexibility index (Phi) is 19.3. The molecule has 0 bridgehead atoms. The molecular weight excluding hydrogens is 528 g/mol. The zero-order valence-electron chi connectivity index (χ0n) is 27.2. The topological polar surface area (TPSA) is 61.4 Å². The molecule has 0 spiro atoms. The third kappa shape index (κ3) is 12.6. The largest absolute Gasteiger partial charge is 0.478 e. The van der Waals surface area contributed by atoms with Gasteiger partial charge in [-0.25, -0.2) is 4.79 Å². The first-order valence-electron chi connectivity index (χ1n) is 15.1. The van der Waals surface area contributed by atoms with Gasteiger partial charge in [-0.05, 0) is 72.1 Å². The van der Waals surface area contributed by atoms with Crippen molar-refractivity contribution in [2.45, 2.75) is 93.4 Å². The number of carbonyl (C=O) groups is 1. The lowest BCUT2D eigenvalue weighted by Gasteiger charge is -2.29. The van der Waals surface area contributed by atoms with E-state index in [0.717, 1.165) is 41.7 Å². The normalized spacial score (nSPS) is 13.9. The molecule has 1 unspecified atom stereocenters. The van der Waals surface area contributed by atoms with Crippen molar-refractivity contribution in [3.63, 3.8) is 0 Å². The van der Waals surface area contributed by atoms with E-state index >= 15 is 0 Å². The Hall–Kier alpha value is -2.98. The van der Waals surface area contributed by atoms with Gasteiger partial charge in [-0.15, -0.1) is 11.6 Å². The predicted molar refractivity (Wildman–Crippen MR) is 182 cm³/mol. The minimum Gasteiger partial charge on any atom is -0.478 e. The Morgan fingerprint density at radius 1 is 1.05 bits per heavy atom. The maximum atomic E-state index is 11.5. The molecular formula is C36H55ClN2O2. The molecule has 4 nitrogen and oxygen atoms in total. The lowest BCUT2D eigenvalue weighted by molar-refractivity contribution is 0.0698. The molecule has 228 valence electrons. The summed E-state index contributed by atoms with van der Waals surface area (Å²) >= 11 is 6.46. The fraction of sp³-hybridized carbons (Fsp3) is 0.472. The van der Waals surface area contributed by atoms with Crippen LogP contribution in [0.15, 0.2) is 77.5 Å². The van der Waals surface area contributed by atoms with Crippen molar-refractivity contribution in [3.05, 3.63) is 99.8 Å². The van der Waals surface area contributed by atoms with Crippen LogP contribution in [0.2, 0.25) is 0 Å². The molecule has 3 N–H and O–H groups in total. The Bertz CT molecular complexity index is 1130. The number of rotatable bonds is 9. The number of carboxylic acids is 1. The van der Waals surface area contributed by atoms with Crippen molar-refractivity contribution in [1.82, 2.24) is 5.32 Å². The molecule has 0 aromatic heterocycles. The quantitative estimate of drug-likeness (QED) is 0.257. The molecule has 0 heterocycles. The standard InChI is InChI=1S/C21H27ClN2O2.C10H14.C3H8.C2H6/c1-12(2)20-15(9-16(22)10-17(20)14(4)23-5)11-24-19-7-6-13(3)8-18(19)21(25)26;1-3-9-7-5-6-8-10(9)4-2;1-3-2;1-2/h6-9,12,16,23-24H,4,10-11H2,1-3,5H3,(H,25,26);5-8H,3-4H2,1-2H3;3H2,1-2H3;1-2H3. The molecule has 1 atom stereocenters. The highest BCUT2D eigenvalue weighted by Gasteiger charge is 2.24. The SMILES string of the molecule is C=C(NC)C1=C(C(C)C)C(CNc2ccc(C)cc2C(=O)O)=CC(Cl)C1.CC.CCC.CCc1ccccc1CC. The highest BCUT2D eigenvalue weighted by atomic mass is 35.5. The van der Waals surface area contributed by atoms with Crippen molar-refractivity contribution in [2.75, 3.05) is 18.9 Å².